The zero-order chi connectivity index (χ0) is 12.3. The number of amides is 1. The first-order chi connectivity index (χ1) is 8.22. The van der Waals surface area contributed by atoms with Gasteiger partial charge in [0.05, 0.1) is 0 Å². The molecule has 2 N–H and O–H groups in total. The Morgan fingerprint density at radius 2 is 2.29 bits per heavy atom. The lowest BCUT2D eigenvalue weighted by molar-refractivity contribution is 0.0681. The highest BCUT2D eigenvalue weighted by Gasteiger charge is 2.27. The Morgan fingerprint density at radius 1 is 1.59 bits per heavy atom. The van der Waals surface area contributed by atoms with E-state index in [4.69, 9.17) is 5.73 Å². The SMILES string of the molecule is Cn1ccc(C(=O)N(CCN)C2CCCC2)n1. The van der Waals surface area contributed by atoms with Gasteiger partial charge in [-0.15, -0.1) is 0 Å². The second-order valence-electron chi connectivity index (χ2n) is 4.60. The third-order valence-electron chi connectivity index (χ3n) is 3.33. The van der Waals surface area contributed by atoms with Crippen LogP contribution in [0.4, 0.5) is 0 Å². The van der Waals surface area contributed by atoms with Gasteiger partial charge >= 0.3 is 0 Å². The summed E-state index contributed by atoms with van der Waals surface area (Å²) in [5.74, 6) is 0.0166. The maximum absolute atomic E-state index is 12.3. The minimum Gasteiger partial charge on any atom is -0.333 e. The molecule has 94 valence electrons. The summed E-state index contributed by atoms with van der Waals surface area (Å²) < 4.78 is 1.66. The molecule has 1 aromatic rings. The van der Waals surface area contributed by atoms with Crippen molar-refractivity contribution in [3.8, 4) is 0 Å². The molecule has 0 spiro atoms. The van der Waals surface area contributed by atoms with Crippen molar-refractivity contribution in [1.82, 2.24) is 14.7 Å². The molecule has 2 rings (SSSR count). The van der Waals surface area contributed by atoms with Gasteiger partial charge in [0.15, 0.2) is 0 Å². The van der Waals surface area contributed by atoms with E-state index in [0.29, 0.717) is 24.8 Å². The molecule has 5 heteroatoms. The lowest BCUT2D eigenvalue weighted by Crippen LogP contribution is -2.42. The summed E-state index contributed by atoms with van der Waals surface area (Å²) in [7, 11) is 1.82. The van der Waals surface area contributed by atoms with E-state index < -0.39 is 0 Å². The zero-order valence-corrected chi connectivity index (χ0v) is 10.3. The van der Waals surface area contributed by atoms with Crippen molar-refractivity contribution in [1.29, 1.82) is 0 Å². The third kappa shape index (κ3) is 2.66. The van der Waals surface area contributed by atoms with Crippen molar-refractivity contribution in [2.45, 2.75) is 31.7 Å². The first-order valence-electron chi connectivity index (χ1n) is 6.23. The van der Waals surface area contributed by atoms with Crippen LogP contribution in [0.1, 0.15) is 36.2 Å². The standard InChI is InChI=1S/C12H20N4O/c1-15-8-6-11(14-15)12(17)16(9-7-13)10-4-2-3-5-10/h6,8,10H,2-5,7,9,13H2,1H3. The molecule has 1 heterocycles. The molecular weight excluding hydrogens is 216 g/mol. The van der Waals surface area contributed by atoms with Gasteiger partial charge in [-0.05, 0) is 18.9 Å². The predicted octanol–water partition coefficient (Wildman–Crippen LogP) is 0.764. The van der Waals surface area contributed by atoms with Gasteiger partial charge in [-0.3, -0.25) is 9.48 Å². The Bertz CT molecular complexity index is 382. The molecule has 1 saturated carbocycles. The van der Waals surface area contributed by atoms with Gasteiger partial charge in [0.25, 0.3) is 5.91 Å². The van der Waals surface area contributed by atoms with Gasteiger partial charge in [0.1, 0.15) is 5.69 Å². The van der Waals surface area contributed by atoms with Crippen molar-refractivity contribution in [2.75, 3.05) is 13.1 Å². The lowest BCUT2D eigenvalue weighted by atomic mass is 10.2. The van der Waals surface area contributed by atoms with E-state index in [0.717, 1.165) is 12.8 Å². The Kier molecular flexibility index (Phi) is 3.78. The summed E-state index contributed by atoms with van der Waals surface area (Å²) in [6, 6.07) is 2.12. The van der Waals surface area contributed by atoms with E-state index in [1.54, 1.807) is 16.9 Å². The first kappa shape index (κ1) is 12.1. The second kappa shape index (κ2) is 5.31. The summed E-state index contributed by atoms with van der Waals surface area (Å²) in [6.07, 6.45) is 6.40. The highest BCUT2D eigenvalue weighted by molar-refractivity contribution is 5.92. The highest BCUT2D eigenvalue weighted by atomic mass is 16.2. The molecule has 0 unspecified atom stereocenters. The zero-order valence-electron chi connectivity index (χ0n) is 10.3. The fourth-order valence-corrected chi connectivity index (χ4v) is 2.48. The molecule has 1 aliphatic rings. The minimum absolute atomic E-state index is 0.0166. The number of nitrogens with zero attached hydrogens (tertiary/aromatic N) is 3. The highest BCUT2D eigenvalue weighted by Crippen LogP contribution is 2.24. The van der Waals surface area contributed by atoms with Gasteiger partial charge in [0.2, 0.25) is 0 Å². The van der Waals surface area contributed by atoms with Crippen LogP contribution in [0.25, 0.3) is 0 Å². The number of hydrogen-bond acceptors (Lipinski definition) is 3. The maximum Gasteiger partial charge on any atom is 0.274 e. The Labute approximate surface area is 102 Å². The van der Waals surface area contributed by atoms with Crippen LogP contribution in [-0.4, -0.2) is 39.7 Å². The Morgan fingerprint density at radius 3 is 2.82 bits per heavy atom. The van der Waals surface area contributed by atoms with Crippen molar-refractivity contribution >= 4 is 5.91 Å². The van der Waals surface area contributed by atoms with E-state index in [1.165, 1.54) is 12.8 Å². The number of carbonyl (C=O) groups is 1. The Hall–Kier alpha value is -1.36. The molecule has 1 amide bonds. The molecule has 0 atom stereocenters. The summed E-state index contributed by atoms with van der Waals surface area (Å²) in [6.45, 7) is 1.13. The molecule has 1 fully saturated rings. The Balaban J connectivity index is 2.12. The van der Waals surface area contributed by atoms with Crippen molar-refractivity contribution in [2.24, 2.45) is 12.8 Å². The van der Waals surface area contributed by atoms with Gasteiger partial charge in [-0.25, -0.2) is 0 Å². The summed E-state index contributed by atoms with van der Waals surface area (Å²) in [5, 5.41) is 4.17. The van der Waals surface area contributed by atoms with Gasteiger partial charge < -0.3 is 10.6 Å². The number of nitrogens with two attached hydrogens (primary N) is 1. The van der Waals surface area contributed by atoms with Crippen LogP contribution >= 0.6 is 0 Å². The normalized spacial score (nSPS) is 16.4. The van der Waals surface area contributed by atoms with E-state index in [1.807, 2.05) is 11.9 Å². The number of carbonyl (C=O) groups excluding carboxylic acids is 1. The number of hydrogen-bond donors (Lipinski definition) is 1. The lowest BCUT2D eigenvalue weighted by Gasteiger charge is -2.27. The van der Waals surface area contributed by atoms with Crippen LogP contribution in [0.15, 0.2) is 12.3 Å². The van der Waals surface area contributed by atoms with Crippen LogP contribution in [0, 0.1) is 0 Å². The topological polar surface area (TPSA) is 64.2 Å². The summed E-state index contributed by atoms with van der Waals surface area (Å²) in [5.41, 5.74) is 6.12. The van der Waals surface area contributed by atoms with Crippen LogP contribution in [0.3, 0.4) is 0 Å². The van der Waals surface area contributed by atoms with E-state index in [2.05, 4.69) is 5.10 Å². The van der Waals surface area contributed by atoms with Crippen molar-refractivity contribution < 1.29 is 4.79 Å². The molecule has 1 aliphatic carbocycles. The number of aryl methyl sites for hydroxylation is 1. The molecule has 5 nitrogen and oxygen atoms in total. The monoisotopic (exact) mass is 236 g/mol. The van der Waals surface area contributed by atoms with Gasteiger partial charge in [0, 0.05) is 32.4 Å². The largest absolute Gasteiger partial charge is 0.333 e. The first-order valence-corrected chi connectivity index (χ1v) is 6.23. The third-order valence-corrected chi connectivity index (χ3v) is 3.33. The quantitative estimate of drug-likeness (QED) is 0.839. The van der Waals surface area contributed by atoms with Crippen LogP contribution in [-0.2, 0) is 7.05 Å². The van der Waals surface area contributed by atoms with Crippen LogP contribution < -0.4 is 5.73 Å². The molecule has 17 heavy (non-hydrogen) atoms. The van der Waals surface area contributed by atoms with E-state index >= 15 is 0 Å². The molecule has 0 aliphatic heterocycles. The maximum atomic E-state index is 12.3. The second-order valence-corrected chi connectivity index (χ2v) is 4.60. The average molecular weight is 236 g/mol. The van der Waals surface area contributed by atoms with Crippen molar-refractivity contribution in [3.05, 3.63) is 18.0 Å². The van der Waals surface area contributed by atoms with E-state index in [-0.39, 0.29) is 5.91 Å². The van der Waals surface area contributed by atoms with E-state index in [9.17, 15) is 4.79 Å². The number of aromatic nitrogens is 2. The smallest absolute Gasteiger partial charge is 0.274 e. The number of rotatable bonds is 4. The molecule has 0 bridgehead atoms. The van der Waals surface area contributed by atoms with Gasteiger partial charge in [-0.1, -0.05) is 12.8 Å². The molecule has 0 aromatic carbocycles. The summed E-state index contributed by atoms with van der Waals surface area (Å²) in [4.78, 5) is 14.2. The predicted molar refractivity (Wildman–Crippen MR) is 65.6 cm³/mol. The average Bonchev–Trinajstić information content (AvgIpc) is 2.95. The van der Waals surface area contributed by atoms with Crippen molar-refractivity contribution in [3.63, 3.8) is 0 Å². The van der Waals surface area contributed by atoms with Crippen LogP contribution in [0.2, 0.25) is 0 Å². The molecular formula is C12H20N4O. The summed E-state index contributed by atoms with van der Waals surface area (Å²) >= 11 is 0. The fourth-order valence-electron chi connectivity index (χ4n) is 2.48. The molecule has 0 saturated heterocycles. The minimum atomic E-state index is 0.0166. The molecule has 1 aromatic heterocycles. The van der Waals surface area contributed by atoms with Crippen LogP contribution in [0.5, 0.6) is 0 Å². The molecule has 0 radical (unpaired) electrons. The van der Waals surface area contributed by atoms with Gasteiger partial charge in [-0.2, -0.15) is 5.10 Å². The fraction of sp³-hybridized carbons (Fsp3) is 0.667.